The van der Waals surface area contributed by atoms with Gasteiger partial charge in [0, 0.05) is 12.2 Å². The molecule has 0 aromatic rings. The highest BCUT2D eigenvalue weighted by Crippen LogP contribution is 2.30. The lowest BCUT2D eigenvalue weighted by Crippen LogP contribution is -2.18. The number of rotatable bonds is 0. The van der Waals surface area contributed by atoms with Crippen molar-refractivity contribution in [2.24, 2.45) is 11.7 Å². The smallest absolute Gasteiger partial charge is 0.0273 e. The van der Waals surface area contributed by atoms with Crippen LogP contribution < -0.4 is 5.73 Å². The molecule has 1 fully saturated rings. The van der Waals surface area contributed by atoms with Crippen LogP contribution in [0.4, 0.5) is 0 Å². The van der Waals surface area contributed by atoms with Gasteiger partial charge in [0.1, 0.15) is 0 Å². The first-order valence-corrected chi connectivity index (χ1v) is 5.10. The van der Waals surface area contributed by atoms with Crippen LogP contribution in [0.25, 0.3) is 0 Å². The summed E-state index contributed by atoms with van der Waals surface area (Å²) in [5, 5.41) is 0. The fourth-order valence-corrected chi connectivity index (χ4v) is 2.21. The molecule has 2 heteroatoms. The predicted octanol–water partition coefficient (Wildman–Crippen LogP) is 1.50. The van der Waals surface area contributed by atoms with E-state index in [0.717, 1.165) is 18.0 Å². The number of allylic oxidation sites excluding steroid dienone is 2. The SMILES string of the molecule is CN1CCC2=CC(N)=CCC2CC1. The summed E-state index contributed by atoms with van der Waals surface area (Å²) in [6.07, 6.45) is 8.01. The molecule has 1 atom stereocenters. The molecule has 2 nitrogen and oxygen atoms in total. The minimum atomic E-state index is 0.775. The van der Waals surface area contributed by atoms with E-state index in [2.05, 4.69) is 24.1 Å². The monoisotopic (exact) mass is 178 g/mol. The molecule has 13 heavy (non-hydrogen) atoms. The molecule has 0 saturated carbocycles. The Morgan fingerprint density at radius 1 is 1.46 bits per heavy atom. The molecule has 72 valence electrons. The van der Waals surface area contributed by atoms with Gasteiger partial charge in [0.15, 0.2) is 0 Å². The Balaban J connectivity index is 2.12. The Labute approximate surface area is 80.1 Å². The number of fused-ring (bicyclic) bond motifs is 1. The van der Waals surface area contributed by atoms with Crippen molar-refractivity contribution >= 4 is 0 Å². The number of hydrogen-bond donors (Lipinski definition) is 1. The van der Waals surface area contributed by atoms with Gasteiger partial charge in [0.05, 0.1) is 0 Å². The van der Waals surface area contributed by atoms with Gasteiger partial charge in [-0.2, -0.15) is 0 Å². The molecule has 0 amide bonds. The van der Waals surface area contributed by atoms with Gasteiger partial charge in [0.2, 0.25) is 0 Å². The van der Waals surface area contributed by atoms with Crippen LogP contribution in [0.15, 0.2) is 23.4 Å². The van der Waals surface area contributed by atoms with Crippen LogP contribution in [-0.2, 0) is 0 Å². The van der Waals surface area contributed by atoms with Crippen LogP contribution in [0.5, 0.6) is 0 Å². The lowest BCUT2D eigenvalue weighted by molar-refractivity contribution is 0.342. The molecule has 0 bridgehead atoms. The molecule has 0 aromatic heterocycles. The maximum Gasteiger partial charge on any atom is 0.0273 e. The van der Waals surface area contributed by atoms with E-state index >= 15 is 0 Å². The Morgan fingerprint density at radius 2 is 2.31 bits per heavy atom. The van der Waals surface area contributed by atoms with Crippen molar-refractivity contribution in [2.45, 2.75) is 19.3 Å². The lowest BCUT2D eigenvalue weighted by atomic mass is 9.87. The van der Waals surface area contributed by atoms with Gasteiger partial charge >= 0.3 is 0 Å². The average Bonchev–Trinajstić information content (AvgIpc) is 2.29. The Kier molecular flexibility index (Phi) is 2.40. The number of likely N-dealkylation sites (tertiary alicyclic amines) is 1. The van der Waals surface area contributed by atoms with E-state index in [-0.39, 0.29) is 0 Å². The van der Waals surface area contributed by atoms with Crippen LogP contribution in [0.2, 0.25) is 0 Å². The Hall–Kier alpha value is -0.760. The third-order valence-electron chi connectivity index (χ3n) is 3.16. The van der Waals surface area contributed by atoms with Gasteiger partial charge in [-0.3, -0.25) is 0 Å². The van der Waals surface area contributed by atoms with Crippen molar-refractivity contribution in [3.8, 4) is 0 Å². The molecule has 0 spiro atoms. The fourth-order valence-electron chi connectivity index (χ4n) is 2.21. The standard InChI is InChI=1S/C11H18N2/c1-13-6-4-9-2-3-11(12)8-10(9)5-7-13/h3,8-9H,2,4-7,12H2,1H3. The molecule has 2 rings (SSSR count). The normalized spacial score (nSPS) is 30.1. The van der Waals surface area contributed by atoms with Crippen LogP contribution in [0, 0.1) is 5.92 Å². The molecule has 1 saturated heterocycles. The molecule has 1 heterocycles. The Bertz CT molecular complexity index is 253. The summed E-state index contributed by atoms with van der Waals surface area (Å²) in [5.41, 5.74) is 8.34. The molecule has 2 aliphatic rings. The molecule has 2 N–H and O–H groups in total. The largest absolute Gasteiger partial charge is 0.399 e. The first kappa shape index (κ1) is 8.82. The fraction of sp³-hybridized carbons (Fsp3) is 0.636. The summed E-state index contributed by atoms with van der Waals surface area (Å²) >= 11 is 0. The highest BCUT2D eigenvalue weighted by molar-refractivity contribution is 5.28. The molecule has 0 radical (unpaired) electrons. The Morgan fingerprint density at radius 3 is 3.15 bits per heavy atom. The maximum atomic E-state index is 5.80. The van der Waals surface area contributed by atoms with E-state index in [1.165, 1.54) is 25.9 Å². The molecule has 0 aromatic carbocycles. The quantitative estimate of drug-likeness (QED) is 0.609. The van der Waals surface area contributed by atoms with Gasteiger partial charge in [0.25, 0.3) is 0 Å². The van der Waals surface area contributed by atoms with Crippen molar-refractivity contribution in [2.75, 3.05) is 20.1 Å². The van der Waals surface area contributed by atoms with Crippen LogP contribution in [0.1, 0.15) is 19.3 Å². The van der Waals surface area contributed by atoms with Crippen molar-refractivity contribution in [3.63, 3.8) is 0 Å². The summed E-state index contributed by atoms with van der Waals surface area (Å²) in [7, 11) is 2.20. The zero-order valence-corrected chi connectivity index (χ0v) is 8.29. The average molecular weight is 178 g/mol. The summed E-state index contributed by atoms with van der Waals surface area (Å²) in [6, 6.07) is 0. The van der Waals surface area contributed by atoms with Crippen molar-refractivity contribution in [3.05, 3.63) is 23.4 Å². The lowest BCUT2D eigenvalue weighted by Gasteiger charge is -2.19. The highest BCUT2D eigenvalue weighted by atomic mass is 15.1. The van der Waals surface area contributed by atoms with Crippen molar-refractivity contribution < 1.29 is 0 Å². The zero-order chi connectivity index (χ0) is 9.26. The highest BCUT2D eigenvalue weighted by Gasteiger charge is 2.20. The summed E-state index contributed by atoms with van der Waals surface area (Å²) in [6.45, 7) is 2.42. The first-order chi connectivity index (χ1) is 6.25. The predicted molar refractivity (Wildman–Crippen MR) is 55.2 cm³/mol. The van der Waals surface area contributed by atoms with Gasteiger partial charge in [-0.15, -0.1) is 0 Å². The van der Waals surface area contributed by atoms with E-state index in [1.807, 2.05) is 0 Å². The van der Waals surface area contributed by atoms with Crippen LogP contribution in [0.3, 0.4) is 0 Å². The number of nitrogens with zero attached hydrogens (tertiary/aromatic N) is 1. The molecular weight excluding hydrogens is 160 g/mol. The second kappa shape index (κ2) is 3.54. The van der Waals surface area contributed by atoms with E-state index in [1.54, 1.807) is 5.57 Å². The number of nitrogens with two attached hydrogens (primary N) is 1. The second-order valence-corrected chi connectivity index (χ2v) is 4.20. The van der Waals surface area contributed by atoms with Crippen LogP contribution >= 0.6 is 0 Å². The van der Waals surface area contributed by atoms with Crippen molar-refractivity contribution in [1.29, 1.82) is 0 Å². The van der Waals surface area contributed by atoms with E-state index in [0.29, 0.717) is 0 Å². The maximum absolute atomic E-state index is 5.80. The van der Waals surface area contributed by atoms with E-state index in [9.17, 15) is 0 Å². The van der Waals surface area contributed by atoms with Gasteiger partial charge in [-0.1, -0.05) is 11.6 Å². The minimum absolute atomic E-state index is 0.775. The van der Waals surface area contributed by atoms with Gasteiger partial charge in [-0.05, 0) is 44.8 Å². The molecular formula is C11H18N2. The first-order valence-electron chi connectivity index (χ1n) is 5.10. The van der Waals surface area contributed by atoms with E-state index in [4.69, 9.17) is 5.73 Å². The third-order valence-corrected chi connectivity index (χ3v) is 3.16. The number of hydrogen-bond acceptors (Lipinski definition) is 2. The van der Waals surface area contributed by atoms with Gasteiger partial charge < -0.3 is 10.6 Å². The summed E-state index contributed by atoms with van der Waals surface area (Å²) in [4.78, 5) is 2.41. The minimum Gasteiger partial charge on any atom is -0.399 e. The van der Waals surface area contributed by atoms with Crippen LogP contribution in [-0.4, -0.2) is 25.0 Å². The second-order valence-electron chi connectivity index (χ2n) is 4.20. The van der Waals surface area contributed by atoms with E-state index < -0.39 is 0 Å². The molecule has 1 aliphatic carbocycles. The van der Waals surface area contributed by atoms with Crippen molar-refractivity contribution in [1.82, 2.24) is 4.90 Å². The molecule has 1 aliphatic heterocycles. The molecule has 1 unspecified atom stereocenters. The topological polar surface area (TPSA) is 29.3 Å². The zero-order valence-electron chi connectivity index (χ0n) is 8.29. The third kappa shape index (κ3) is 1.94. The summed E-state index contributed by atoms with van der Waals surface area (Å²) < 4.78 is 0. The summed E-state index contributed by atoms with van der Waals surface area (Å²) in [5.74, 6) is 0.775. The van der Waals surface area contributed by atoms with Gasteiger partial charge in [-0.25, -0.2) is 0 Å².